The molecule has 1 aliphatic rings. The van der Waals surface area contributed by atoms with Crippen LogP contribution in [0.15, 0.2) is 18.2 Å². The lowest BCUT2D eigenvalue weighted by molar-refractivity contribution is 0.157. The molecule has 0 N–H and O–H groups in total. The van der Waals surface area contributed by atoms with Crippen LogP contribution >= 0.6 is 0 Å². The first-order valence-electron chi connectivity index (χ1n) is 7.41. The van der Waals surface area contributed by atoms with Crippen molar-refractivity contribution in [1.29, 1.82) is 5.26 Å². The summed E-state index contributed by atoms with van der Waals surface area (Å²) in [5.41, 5.74) is 1.81. The summed E-state index contributed by atoms with van der Waals surface area (Å²) in [4.78, 5) is 2.44. The van der Waals surface area contributed by atoms with Crippen molar-refractivity contribution in [2.24, 2.45) is 5.92 Å². The van der Waals surface area contributed by atoms with Gasteiger partial charge in [0, 0.05) is 12.6 Å². The van der Waals surface area contributed by atoms with Crippen LogP contribution in [0.5, 0.6) is 5.75 Å². The fraction of sp³-hybridized carbons (Fsp3) is 0.588. The minimum Gasteiger partial charge on any atom is -0.495 e. The molecule has 1 aliphatic carbocycles. The first-order chi connectivity index (χ1) is 9.63. The minimum atomic E-state index is 0.602. The Balaban J connectivity index is 2.04. The van der Waals surface area contributed by atoms with Gasteiger partial charge in [0.25, 0.3) is 0 Å². The topological polar surface area (TPSA) is 36.3 Å². The van der Waals surface area contributed by atoms with Crippen LogP contribution in [0.3, 0.4) is 0 Å². The van der Waals surface area contributed by atoms with Crippen LogP contribution in [0.1, 0.15) is 43.7 Å². The first-order valence-corrected chi connectivity index (χ1v) is 7.41. The average molecular weight is 272 g/mol. The van der Waals surface area contributed by atoms with Crippen molar-refractivity contribution < 1.29 is 4.74 Å². The summed E-state index contributed by atoms with van der Waals surface area (Å²) in [6, 6.07) is 8.71. The Morgan fingerprint density at radius 3 is 2.85 bits per heavy atom. The fourth-order valence-corrected chi connectivity index (χ4v) is 3.15. The number of hydrogen-bond acceptors (Lipinski definition) is 3. The van der Waals surface area contributed by atoms with Crippen molar-refractivity contribution in [2.45, 2.75) is 45.2 Å². The number of nitriles is 1. The van der Waals surface area contributed by atoms with E-state index in [4.69, 9.17) is 10.00 Å². The van der Waals surface area contributed by atoms with Crippen molar-refractivity contribution in [3.05, 3.63) is 29.3 Å². The molecule has 0 radical (unpaired) electrons. The van der Waals surface area contributed by atoms with Gasteiger partial charge in [-0.2, -0.15) is 5.26 Å². The molecule has 0 aromatic heterocycles. The van der Waals surface area contributed by atoms with E-state index in [-0.39, 0.29) is 0 Å². The van der Waals surface area contributed by atoms with Gasteiger partial charge in [-0.15, -0.1) is 0 Å². The summed E-state index contributed by atoms with van der Waals surface area (Å²) in [5, 5.41) is 9.01. The van der Waals surface area contributed by atoms with Gasteiger partial charge in [-0.05, 0) is 43.5 Å². The van der Waals surface area contributed by atoms with Crippen molar-refractivity contribution in [1.82, 2.24) is 4.90 Å². The predicted octanol–water partition coefficient (Wildman–Crippen LogP) is 3.58. The van der Waals surface area contributed by atoms with E-state index in [9.17, 15) is 0 Å². The molecule has 0 saturated heterocycles. The Hall–Kier alpha value is -1.53. The van der Waals surface area contributed by atoms with Gasteiger partial charge in [0.2, 0.25) is 0 Å². The third kappa shape index (κ3) is 3.52. The molecule has 1 aromatic carbocycles. The van der Waals surface area contributed by atoms with E-state index in [0.29, 0.717) is 17.4 Å². The van der Waals surface area contributed by atoms with E-state index < -0.39 is 0 Å². The second-order valence-corrected chi connectivity index (χ2v) is 5.99. The lowest BCUT2D eigenvalue weighted by atomic mass is 9.86. The third-order valence-corrected chi connectivity index (χ3v) is 4.35. The van der Waals surface area contributed by atoms with Crippen LogP contribution in [0.25, 0.3) is 0 Å². The Kier molecular flexibility index (Phi) is 5.03. The Labute approximate surface area is 122 Å². The molecule has 0 aliphatic heterocycles. The van der Waals surface area contributed by atoms with E-state index >= 15 is 0 Å². The highest BCUT2D eigenvalue weighted by Gasteiger charge is 2.22. The maximum atomic E-state index is 9.01. The standard InChI is InChI=1S/C17H24N2O/c1-13-5-4-6-16(9-13)19(2)12-14-7-8-15(11-18)17(10-14)20-3/h7-8,10,13,16H,4-6,9,12H2,1-3H3. The van der Waals surface area contributed by atoms with Crippen molar-refractivity contribution in [2.75, 3.05) is 14.2 Å². The minimum absolute atomic E-state index is 0.602. The number of rotatable bonds is 4. The molecule has 2 unspecified atom stereocenters. The van der Waals surface area contributed by atoms with Gasteiger partial charge < -0.3 is 4.74 Å². The monoisotopic (exact) mass is 272 g/mol. The van der Waals surface area contributed by atoms with Gasteiger partial charge in [-0.25, -0.2) is 0 Å². The summed E-state index contributed by atoms with van der Waals surface area (Å²) in [6.45, 7) is 3.27. The Bertz CT molecular complexity index is 492. The fourth-order valence-electron chi connectivity index (χ4n) is 3.15. The van der Waals surface area contributed by atoms with Crippen molar-refractivity contribution >= 4 is 0 Å². The average Bonchev–Trinajstić information content (AvgIpc) is 2.47. The van der Waals surface area contributed by atoms with E-state index in [1.54, 1.807) is 7.11 Å². The largest absolute Gasteiger partial charge is 0.495 e. The van der Waals surface area contributed by atoms with Gasteiger partial charge in [0.1, 0.15) is 11.8 Å². The molecular weight excluding hydrogens is 248 g/mol. The zero-order valence-corrected chi connectivity index (χ0v) is 12.7. The van der Waals surface area contributed by atoms with E-state index in [2.05, 4.69) is 24.9 Å². The summed E-state index contributed by atoms with van der Waals surface area (Å²) in [6.07, 6.45) is 5.31. The Morgan fingerprint density at radius 1 is 1.40 bits per heavy atom. The smallest absolute Gasteiger partial charge is 0.136 e. The first kappa shape index (κ1) is 14.9. The molecule has 1 aromatic rings. The number of methoxy groups -OCH3 is 1. The second-order valence-electron chi connectivity index (χ2n) is 5.99. The molecule has 0 amide bonds. The summed E-state index contributed by atoms with van der Waals surface area (Å²) in [7, 11) is 3.82. The predicted molar refractivity (Wildman–Crippen MR) is 80.6 cm³/mol. The van der Waals surface area contributed by atoms with Gasteiger partial charge in [-0.1, -0.05) is 25.8 Å². The van der Waals surface area contributed by atoms with Gasteiger partial charge in [0.15, 0.2) is 0 Å². The van der Waals surface area contributed by atoms with Crippen LogP contribution in [0.2, 0.25) is 0 Å². The number of nitrogens with zero attached hydrogens (tertiary/aromatic N) is 2. The maximum absolute atomic E-state index is 9.01. The Morgan fingerprint density at radius 2 is 2.20 bits per heavy atom. The van der Waals surface area contributed by atoms with Crippen LogP contribution in [0, 0.1) is 17.2 Å². The molecule has 108 valence electrons. The van der Waals surface area contributed by atoms with E-state index in [1.807, 2.05) is 18.2 Å². The van der Waals surface area contributed by atoms with Gasteiger partial charge >= 0.3 is 0 Å². The molecule has 20 heavy (non-hydrogen) atoms. The number of hydrogen-bond donors (Lipinski definition) is 0. The molecule has 0 heterocycles. The number of ether oxygens (including phenoxy) is 1. The normalized spacial score (nSPS) is 22.6. The number of benzene rings is 1. The van der Waals surface area contributed by atoms with Crippen LogP contribution in [-0.4, -0.2) is 25.1 Å². The zero-order valence-electron chi connectivity index (χ0n) is 12.7. The van der Waals surface area contributed by atoms with Crippen LogP contribution in [-0.2, 0) is 6.54 Å². The molecule has 0 spiro atoms. The summed E-state index contributed by atoms with van der Waals surface area (Å²) >= 11 is 0. The molecule has 3 heteroatoms. The highest BCUT2D eigenvalue weighted by Crippen LogP contribution is 2.28. The molecule has 1 saturated carbocycles. The van der Waals surface area contributed by atoms with Gasteiger partial charge in [0.05, 0.1) is 12.7 Å². The summed E-state index contributed by atoms with van der Waals surface area (Å²) < 4.78 is 5.28. The van der Waals surface area contributed by atoms with E-state index in [0.717, 1.165) is 12.5 Å². The zero-order chi connectivity index (χ0) is 14.5. The van der Waals surface area contributed by atoms with Crippen molar-refractivity contribution in [3.8, 4) is 11.8 Å². The molecule has 3 nitrogen and oxygen atoms in total. The summed E-state index contributed by atoms with van der Waals surface area (Å²) in [5.74, 6) is 1.52. The van der Waals surface area contributed by atoms with E-state index in [1.165, 1.54) is 31.2 Å². The molecule has 2 rings (SSSR count). The van der Waals surface area contributed by atoms with Crippen molar-refractivity contribution in [3.63, 3.8) is 0 Å². The van der Waals surface area contributed by atoms with Crippen LogP contribution in [0.4, 0.5) is 0 Å². The highest BCUT2D eigenvalue weighted by atomic mass is 16.5. The van der Waals surface area contributed by atoms with Crippen LogP contribution < -0.4 is 4.74 Å². The lowest BCUT2D eigenvalue weighted by Crippen LogP contribution is -2.35. The molecule has 1 fully saturated rings. The third-order valence-electron chi connectivity index (χ3n) is 4.35. The quantitative estimate of drug-likeness (QED) is 0.840. The maximum Gasteiger partial charge on any atom is 0.136 e. The molecular formula is C17H24N2O. The lowest BCUT2D eigenvalue weighted by Gasteiger charge is -2.34. The SMILES string of the molecule is COc1cc(CN(C)C2CCCC(C)C2)ccc1C#N. The second kappa shape index (κ2) is 6.76. The highest BCUT2D eigenvalue weighted by molar-refractivity contribution is 5.45. The molecule has 2 atom stereocenters. The molecule has 0 bridgehead atoms. The van der Waals surface area contributed by atoms with Gasteiger partial charge in [-0.3, -0.25) is 4.90 Å².